The minimum Gasteiger partial charge on any atom is -0.444 e. The standard InChI is InChI=1S/C15H25N3O3/c1-15(2,3)21-14(20)18-8-5-6-11(10-18)12(19)13-16-7-9-17(13)4/h7,9,11-12,19H,5-6,8,10H2,1-4H3/t11-,12-/m1/s1. The van der Waals surface area contributed by atoms with Gasteiger partial charge in [-0.25, -0.2) is 9.78 Å². The van der Waals surface area contributed by atoms with Crippen molar-refractivity contribution in [3.63, 3.8) is 0 Å². The molecule has 1 N–H and O–H groups in total. The average molecular weight is 295 g/mol. The van der Waals surface area contributed by atoms with Crippen molar-refractivity contribution >= 4 is 6.09 Å². The first kappa shape index (κ1) is 15.8. The molecule has 0 aromatic carbocycles. The number of rotatable bonds is 2. The molecule has 0 spiro atoms. The highest BCUT2D eigenvalue weighted by molar-refractivity contribution is 5.68. The van der Waals surface area contributed by atoms with Crippen LogP contribution < -0.4 is 0 Å². The van der Waals surface area contributed by atoms with Crippen LogP contribution in [-0.2, 0) is 11.8 Å². The van der Waals surface area contributed by atoms with Crippen molar-refractivity contribution in [3.05, 3.63) is 18.2 Å². The van der Waals surface area contributed by atoms with Gasteiger partial charge in [-0.3, -0.25) is 0 Å². The molecule has 1 fully saturated rings. The maximum atomic E-state index is 12.1. The number of piperidine rings is 1. The number of aryl methyl sites for hydroxylation is 1. The zero-order valence-electron chi connectivity index (χ0n) is 13.2. The second-order valence-corrected chi connectivity index (χ2v) is 6.67. The van der Waals surface area contributed by atoms with Crippen LogP contribution in [0.2, 0.25) is 0 Å². The van der Waals surface area contributed by atoms with Crippen molar-refractivity contribution in [1.29, 1.82) is 0 Å². The van der Waals surface area contributed by atoms with Gasteiger partial charge in [0.25, 0.3) is 0 Å². The average Bonchev–Trinajstić information content (AvgIpc) is 2.82. The van der Waals surface area contributed by atoms with Gasteiger partial charge in [0, 0.05) is 38.4 Å². The van der Waals surface area contributed by atoms with E-state index in [1.807, 2.05) is 38.6 Å². The predicted octanol–water partition coefficient (Wildman–Crippen LogP) is 2.10. The first-order chi connectivity index (χ1) is 9.78. The van der Waals surface area contributed by atoms with Crippen molar-refractivity contribution in [1.82, 2.24) is 14.5 Å². The molecule has 1 saturated heterocycles. The number of imidazole rings is 1. The van der Waals surface area contributed by atoms with Gasteiger partial charge in [-0.05, 0) is 33.6 Å². The molecule has 2 rings (SSSR count). The summed E-state index contributed by atoms with van der Waals surface area (Å²) in [5.41, 5.74) is -0.498. The molecule has 1 aliphatic heterocycles. The molecule has 0 unspecified atom stereocenters. The number of hydrogen-bond donors (Lipinski definition) is 1. The van der Waals surface area contributed by atoms with Crippen molar-refractivity contribution in [2.24, 2.45) is 13.0 Å². The van der Waals surface area contributed by atoms with Crippen LogP contribution in [0.15, 0.2) is 12.4 Å². The number of aromatic nitrogens is 2. The second kappa shape index (κ2) is 6.05. The molecule has 0 radical (unpaired) electrons. The summed E-state index contributed by atoms with van der Waals surface area (Å²) >= 11 is 0. The molecule has 0 saturated carbocycles. The quantitative estimate of drug-likeness (QED) is 0.907. The molecule has 21 heavy (non-hydrogen) atoms. The number of nitrogens with zero attached hydrogens (tertiary/aromatic N) is 3. The Balaban J connectivity index is 2.01. The summed E-state index contributed by atoms with van der Waals surface area (Å²) in [6.07, 6.45) is 4.27. The number of likely N-dealkylation sites (tertiary alicyclic amines) is 1. The Morgan fingerprint density at radius 1 is 1.52 bits per heavy atom. The van der Waals surface area contributed by atoms with E-state index in [1.54, 1.807) is 11.1 Å². The van der Waals surface area contributed by atoms with E-state index in [2.05, 4.69) is 4.98 Å². The lowest BCUT2D eigenvalue weighted by Gasteiger charge is -2.35. The Hall–Kier alpha value is -1.56. The van der Waals surface area contributed by atoms with Gasteiger partial charge >= 0.3 is 6.09 Å². The van der Waals surface area contributed by atoms with Crippen molar-refractivity contribution in [2.45, 2.75) is 45.3 Å². The summed E-state index contributed by atoms with van der Waals surface area (Å²) in [5.74, 6) is 0.637. The summed E-state index contributed by atoms with van der Waals surface area (Å²) in [6, 6.07) is 0. The highest BCUT2D eigenvalue weighted by Gasteiger charge is 2.32. The normalized spacial score (nSPS) is 21.2. The Morgan fingerprint density at radius 2 is 2.24 bits per heavy atom. The van der Waals surface area contributed by atoms with E-state index in [4.69, 9.17) is 4.74 Å². The molecule has 6 heteroatoms. The Morgan fingerprint density at radius 3 is 2.81 bits per heavy atom. The maximum absolute atomic E-state index is 12.1. The van der Waals surface area contributed by atoms with E-state index in [-0.39, 0.29) is 12.0 Å². The summed E-state index contributed by atoms with van der Waals surface area (Å²) in [7, 11) is 1.86. The van der Waals surface area contributed by atoms with Gasteiger partial charge in [-0.1, -0.05) is 0 Å². The second-order valence-electron chi connectivity index (χ2n) is 6.67. The number of aliphatic hydroxyl groups excluding tert-OH is 1. The lowest BCUT2D eigenvalue weighted by atomic mass is 9.92. The van der Waals surface area contributed by atoms with E-state index in [1.165, 1.54) is 0 Å². The molecular weight excluding hydrogens is 270 g/mol. The van der Waals surface area contributed by atoms with Crippen LogP contribution in [0.3, 0.4) is 0 Å². The summed E-state index contributed by atoms with van der Waals surface area (Å²) in [5, 5.41) is 10.5. The first-order valence-electron chi connectivity index (χ1n) is 7.41. The van der Waals surface area contributed by atoms with E-state index < -0.39 is 11.7 Å². The Kier molecular flexibility index (Phi) is 4.56. The zero-order valence-corrected chi connectivity index (χ0v) is 13.2. The molecule has 0 aliphatic carbocycles. The maximum Gasteiger partial charge on any atom is 0.410 e. The molecule has 1 aromatic rings. The SMILES string of the molecule is Cn1ccnc1[C@H](O)[C@@H]1CCCN(C(=O)OC(C)(C)C)C1. The molecule has 0 bridgehead atoms. The molecule has 1 amide bonds. The van der Waals surface area contributed by atoms with Crippen LogP contribution in [0.5, 0.6) is 0 Å². The third-order valence-electron chi connectivity index (χ3n) is 3.68. The van der Waals surface area contributed by atoms with Crippen LogP contribution in [0.4, 0.5) is 4.79 Å². The van der Waals surface area contributed by atoms with Gasteiger partial charge in [0.15, 0.2) is 0 Å². The molecule has 118 valence electrons. The molecule has 2 atom stereocenters. The third kappa shape index (κ3) is 3.97. The largest absolute Gasteiger partial charge is 0.444 e. The van der Waals surface area contributed by atoms with Crippen molar-refractivity contribution in [2.75, 3.05) is 13.1 Å². The van der Waals surface area contributed by atoms with Crippen molar-refractivity contribution in [3.8, 4) is 0 Å². The molecule has 1 aromatic heterocycles. The Labute approximate surface area is 125 Å². The van der Waals surface area contributed by atoms with Gasteiger partial charge in [0.1, 0.15) is 17.5 Å². The van der Waals surface area contributed by atoms with Gasteiger partial charge in [-0.2, -0.15) is 0 Å². The third-order valence-corrected chi connectivity index (χ3v) is 3.68. The number of carbonyl (C=O) groups is 1. The zero-order chi connectivity index (χ0) is 15.6. The number of amides is 1. The minimum absolute atomic E-state index is 0.00707. The molecule has 1 aliphatic rings. The summed E-state index contributed by atoms with van der Waals surface area (Å²) in [6.45, 7) is 6.75. The van der Waals surface area contributed by atoms with Crippen LogP contribution in [0, 0.1) is 5.92 Å². The Bertz CT molecular complexity index is 493. The fourth-order valence-corrected chi connectivity index (χ4v) is 2.63. The molecule has 6 nitrogen and oxygen atoms in total. The van der Waals surface area contributed by atoms with E-state index in [0.29, 0.717) is 18.9 Å². The summed E-state index contributed by atoms with van der Waals surface area (Å²) in [4.78, 5) is 18.0. The minimum atomic E-state index is -0.657. The number of carbonyl (C=O) groups excluding carboxylic acids is 1. The molecule has 2 heterocycles. The van der Waals surface area contributed by atoms with Crippen LogP contribution >= 0.6 is 0 Å². The predicted molar refractivity (Wildman–Crippen MR) is 78.7 cm³/mol. The van der Waals surface area contributed by atoms with E-state index in [9.17, 15) is 9.90 Å². The van der Waals surface area contributed by atoms with Gasteiger partial charge in [0.2, 0.25) is 0 Å². The number of ether oxygens (including phenoxy) is 1. The fourth-order valence-electron chi connectivity index (χ4n) is 2.63. The van der Waals surface area contributed by atoms with Crippen molar-refractivity contribution < 1.29 is 14.6 Å². The van der Waals surface area contributed by atoms with Crippen LogP contribution in [0.1, 0.15) is 45.5 Å². The summed E-state index contributed by atoms with van der Waals surface area (Å²) < 4.78 is 7.22. The van der Waals surface area contributed by atoms with Crippen LogP contribution in [-0.4, -0.2) is 44.3 Å². The number of hydrogen-bond acceptors (Lipinski definition) is 4. The highest BCUT2D eigenvalue weighted by Crippen LogP contribution is 2.29. The van der Waals surface area contributed by atoms with E-state index in [0.717, 1.165) is 12.8 Å². The molecular formula is C15H25N3O3. The lowest BCUT2D eigenvalue weighted by Crippen LogP contribution is -2.44. The first-order valence-corrected chi connectivity index (χ1v) is 7.41. The fraction of sp³-hybridized carbons (Fsp3) is 0.733. The number of aliphatic hydroxyl groups is 1. The van der Waals surface area contributed by atoms with Gasteiger partial charge < -0.3 is 19.3 Å². The van der Waals surface area contributed by atoms with Crippen LogP contribution in [0.25, 0.3) is 0 Å². The topological polar surface area (TPSA) is 67.6 Å². The monoisotopic (exact) mass is 295 g/mol. The highest BCUT2D eigenvalue weighted by atomic mass is 16.6. The van der Waals surface area contributed by atoms with Gasteiger partial charge in [-0.15, -0.1) is 0 Å². The lowest BCUT2D eigenvalue weighted by molar-refractivity contribution is 0.000567. The van der Waals surface area contributed by atoms with E-state index >= 15 is 0 Å². The smallest absolute Gasteiger partial charge is 0.410 e. The van der Waals surface area contributed by atoms with Gasteiger partial charge in [0.05, 0.1) is 0 Å².